The number of rotatable bonds is 4. The number of imidazole rings is 1. The molecule has 2 amide bonds. The molecular formula is C32H21Cl2N5O2. The Labute approximate surface area is 244 Å². The number of imide groups is 1. The maximum Gasteiger partial charge on any atom is 0.239 e. The van der Waals surface area contributed by atoms with Gasteiger partial charge in [-0.25, -0.2) is 15.3 Å². The molecule has 2 heterocycles. The SMILES string of the molecule is O=C1[C@@H]2C3c4ccccc4C(/C=N\Nc4nc5ccccc5[nH]4)(c4ccccc43)[C@H]2C(=O)N1c1ccc(Cl)cc1Cl. The van der Waals surface area contributed by atoms with E-state index in [-0.39, 0.29) is 22.8 Å². The van der Waals surface area contributed by atoms with Crippen molar-refractivity contribution in [1.82, 2.24) is 9.97 Å². The third-order valence-corrected chi connectivity index (χ3v) is 9.20. The molecule has 0 saturated carbocycles. The van der Waals surface area contributed by atoms with Gasteiger partial charge in [0.05, 0.1) is 39.0 Å². The summed E-state index contributed by atoms with van der Waals surface area (Å²) in [6, 6.07) is 28.6. The normalized spacial score (nSPS) is 24.1. The molecule has 9 rings (SSSR count). The van der Waals surface area contributed by atoms with E-state index in [1.807, 2.05) is 60.7 Å². The third kappa shape index (κ3) is 3.27. The molecule has 0 spiro atoms. The first-order valence-electron chi connectivity index (χ1n) is 13.3. The van der Waals surface area contributed by atoms with Gasteiger partial charge >= 0.3 is 0 Å². The van der Waals surface area contributed by atoms with Crippen LogP contribution >= 0.6 is 23.2 Å². The zero-order valence-corrected chi connectivity index (χ0v) is 22.9. The largest absolute Gasteiger partial charge is 0.323 e. The molecule has 0 unspecified atom stereocenters. The molecule has 4 aromatic carbocycles. The quantitative estimate of drug-likeness (QED) is 0.144. The molecule has 1 aliphatic heterocycles. The third-order valence-electron chi connectivity index (χ3n) is 8.66. The summed E-state index contributed by atoms with van der Waals surface area (Å²) in [5.74, 6) is -1.74. The molecule has 4 aliphatic rings. The Morgan fingerprint density at radius 1 is 0.878 bits per heavy atom. The molecule has 3 aliphatic carbocycles. The van der Waals surface area contributed by atoms with E-state index in [4.69, 9.17) is 23.2 Å². The molecule has 2 atom stereocenters. The van der Waals surface area contributed by atoms with Gasteiger partial charge in [-0.1, -0.05) is 83.9 Å². The van der Waals surface area contributed by atoms with Crippen LogP contribution in [0, 0.1) is 11.8 Å². The summed E-state index contributed by atoms with van der Waals surface area (Å²) in [5.41, 5.74) is 8.02. The Kier molecular flexibility index (Phi) is 5.21. The van der Waals surface area contributed by atoms with Crippen LogP contribution in [0.3, 0.4) is 0 Å². The minimum absolute atomic E-state index is 0.245. The number of nitrogens with zero attached hydrogens (tertiary/aromatic N) is 3. The van der Waals surface area contributed by atoms with Gasteiger partial charge in [0.1, 0.15) is 0 Å². The number of hydrogen-bond acceptors (Lipinski definition) is 5. The van der Waals surface area contributed by atoms with Crippen molar-refractivity contribution < 1.29 is 9.59 Å². The van der Waals surface area contributed by atoms with Gasteiger partial charge in [-0.15, -0.1) is 0 Å². The standard InChI is InChI=1S/C32H21Cl2N5O2/c33-17-13-14-25(22(34)15-17)39-29(40)27-26-18-7-1-3-9-20(18)32(28(27)30(39)41,21-10-4-2-8-19(21)26)16-35-38-31-36-23-11-5-6-12-24(23)37-31/h1-16,26-28H,(H2,36,37,38)/b35-16-/t26?,27-,28-,32?/m1/s1. The molecule has 1 aromatic heterocycles. The number of fused-ring (bicyclic) bond motifs is 1. The average molecular weight is 578 g/mol. The second-order valence-corrected chi connectivity index (χ2v) is 11.4. The average Bonchev–Trinajstić information content (AvgIpc) is 3.52. The highest BCUT2D eigenvalue weighted by Gasteiger charge is 2.68. The maximum atomic E-state index is 14.5. The molecule has 2 bridgehead atoms. The summed E-state index contributed by atoms with van der Waals surface area (Å²) in [4.78, 5) is 37.8. The monoisotopic (exact) mass is 577 g/mol. The molecule has 41 heavy (non-hydrogen) atoms. The van der Waals surface area contributed by atoms with E-state index in [9.17, 15) is 9.59 Å². The lowest BCUT2D eigenvalue weighted by molar-refractivity contribution is -0.122. The van der Waals surface area contributed by atoms with Crippen molar-refractivity contribution in [3.63, 3.8) is 0 Å². The van der Waals surface area contributed by atoms with Gasteiger partial charge in [0.2, 0.25) is 17.8 Å². The number of hydrogen-bond donors (Lipinski definition) is 2. The van der Waals surface area contributed by atoms with Crippen molar-refractivity contribution >= 4 is 63.9 Å². The lowest BCUT2D eigenvalue weighted by Crippen LogP contribution is -2.54. The minimum atomic E-state index is -1.01. The summed E-state index contributed by atoms with van der Waals surface area (Å²) in [5, 5.41) is 5.35. The highest BCUT2D eigenvalue weighted by molar-refractivity contribution is 6.38. The van der Waals surface area contributed by atoms with Gasteiger partial charge in [0.15, 0.2) is 0 Å². The van der Waals surface area contributed by atoms with Crippen LogP contribution in [0.15, 0.2) is 96.1 Å². The summed E-state index contributed by atoms with van der Waals surface area (Å²) < 4.78 is 0. The number of carbonyl (C=O) groups excluding carboxylic acids is 2. The van der Waals surface area contributed by atoms with Crippen molar-refractivity contribution in [3.05, 3.63) is 123 Å². The first-order valence-corrected chi connectivity index (χ1v) is 14.0. The van der Waals surface area contributed by atoms with Crippen LogP contribution in [0.2, 0.25) is 10.0 Å². The summed E-state index contributed by atoms with van der Waals surface area (Å²) in [7, 11) is 0. The maximum absolute atomic E-state index is 14.5. The van der Waals surface area contributed by atoms with Crippen molar-refractivity contribution in [2.75, 3.05) is 10.3 Å². The molecule has 7 nitrogen and oxygen atoms in total. The van der Waals surface area contributed by atoms with E-state index in [1.165, 1.54) is 4.90 Å². The lowest BCUT2D eigenvalue weighted by atomic mass is 9.47. The fraction of sp³-hybridized carbons (Fsp3) is 0.125. The van der Waals surface area contributed by atoms with Crippen molar-refractivity contribution in [3.8, 4) is 0 Å². The zero-order chi connectivity index (χ0) is 27.9. The Bertz CT molecular complexity index is 1870. The number of benzene rings is 4. The number of aromatic amines is 1. The van der Waals surface area contributed by atoms with E-state index >= 15 is 0 Å². The number of carbonyl (C=O) groups is 2. The zero-order valence-electron chi connectivity index (χ0n) is 21.4. The van der Waals surface area contributed by atoms with Crippen LogP contribution < -0.4 is 10.3 Å². The van der Waals surface area contributed by atoms with Gasteiger partial charge in [0, 0.05) is 17.2 Å². The van der Waals surface area contributed by atoms with Gasteiger partial charge in [-0.2, -0.15) is 5.10 Å². The molecule has 0 radical (unpaired) electrons. The van der Waals surface area contributed by atoms with Crippen LogP contribution in [-0.4, -0.2) is 28.0 Å². The molecule has 200 valence electrons. The van der Waals surface area contributed by atoms with Gasteiger partial charge in [0.25, 0.3) is 0 Å². The van der Waals surface area contributed by atoms with E-state index in [0.29, 0.717) is 16.7 Å². The van der Waals surface area contributed by atoms with Crippen LogP contribution in [0.1, 0.15) is 28.2 Å². The number of anilines is 2. The highest BCUT2D eigenvalue weighted by atomic mass is 35.5. The fourth-order valence-electron chi connectivity index (χ4n) is 7.15. The molecule has 5 aromatic rings. The van der Waals surface area contributed by atoms with Crippen LogP contribution in [0.5, 0.6) is 0 Å². The first kappa shape index (κ1) is 24.3. The van der Waals surface area contributed by atoms with Crippen LogP contribution in [0.4, 0.5) is 11.6 Å². The molecule has 9 heteroatoms. The predicted molar refractivity (Wildman–Crippen MR) is 160 cm³/mol. The summed E-state index contributed by atoms with van der Waals surface area (Å²) in [6.45, 7) is 0. The van der Waals surface area contributed by atoms with Gasteiger partial charge in [-0.05, 0) is 52.6 Å². The molecular weight excluding hydrogens is 557 g/mol. The number of para-hydroxylation sites is 2. The Morgan fingerprint density at radius 2 is 1.56 bits per heavy atom. The predicted octanol–water partition coefficient (Wildman–Crippen LogP) is 6.52. The molecule has 2 N–H and O–H groups in total. The van der Waals surface area contributed by atoms with Crippen molar-refractivity contribution in [1.29, 1.82) is 0 Å². The highest BCUT2D eigenvalue weighted by Crippen LogP contribution is 2.63. The number of hydrazone groups is 1. The summed E-state index contributed by atoms with van der Waals surface area (Å²) in [6.07, 6.45) is 1.78. The number of H-pyrrole nitrogens is 1. The number of amides is 2. The van der Waals surface area contributed by atoms with E-state index < -0.39 is 17.3 Å². The molecule has 1 fully saturated rings. The number of halogens is 2. The van der Waals surface area contributed by atoms with Crippen molar-refractivity contribution in [2.24, 2.45) is 16.9 Å². The summed E-state index contributed by atoms with van der Waals surface area (Å²) >= 11 is 12.7. The van der Waals surface area contributed by atoms with Crippen LogP contribution in [0.25, 0.3) is 11.0 Å². The van der Waals surface area contributed by atoms with Crippen LogP contribution in [-0.2, 0) is 15.0 Å². The first-order chi connectivity index (χ1) is 20.0. The van der Waals surface area contributed by atoms with Gasteiger partial charge < -0.3 is 4.98 Å². The fourth-order valence-corrected chi connectivity index (χ4v) is 7.64. The van der Waals surface area contributed by atoms with E-state index in [2.05, 4.69) is 32.6 Å². The Balaban J connectivity index is 1.32. The topological polar surface area (TPSA) is 90.5 Å². The van der Waals surface area contributed by atoms with Crippen molar-refractivity contribution in [2.45, 2.75) is 11.3 Å². The van der Waals surface area contributed by atoms with E-state index in [0.717, 1.165) is 33.3 Å². The molecule has 1 saturated heterocycles. The Hall–Kier alpha value is -4.46. The smallest absolute Gasteiger partial charge is 0.239 e. The number of nitrogens with one attached hydrogen (secondary N) is 2. The van der Waals surface area contributed by atoms with Gasteiger partial charge in [-0.3, -0.25) is 9.59 Å². The number of aromatic nitrogens is 2. The minimum Gasteiger partial charge on any atom is -0.323 e. The second kappa shape index (κ2) is 8.77. The lowest BCUT2D eigenvalue weighted by Gasteiger charge is -2.52. The second-order valence-electron chi connectivity index (χ2n) is 10.6. The van der Waals surface area contributed by atoms with E-state index in [1.54, 1.807) is 24.4 Å². The Morgan fingerprint density at radius 3 is 2.27 bits per heavy atom.